The lowest BCUT2D eigenvalue weighted by Gasteiger charge is -2.21. The fourth-order valence-electron chi connectivity index (χ4n) is 1.54. The van der Waals surface area contributed by atoms with Crippen LogP contribution in [0.3, 0.4) is 0 Å². The highest BCUT2D eigenvalue weighted by Crippen LogP contribution is 2.18. The highest BCUT2D eigenvalue weighted by Gasteiger charge is 2.25. The molecule has 1 atom stereocenters. The number of likely N-dealkylation sites (tertiary alicyclic amines) is 1. The van der Waals surface area contributed by atoms with Crippen molar-refractivity contribution in [3.05, 3.63) is 0 Å². The highest BCUT2D eigenvalue weighted by atomic mass is 19.1. The smallest absolute Gasteiger partial charge is 0.107 e. The molecular formula is C8H15F2N. The molecule has 1 fully saturated rings. The van der Waals surface area contributed by atoms with Crippen LogP contribution in [0, 0.1) is 5.92 Å². The lowest BCUT2D eigenvalue weighted by molar-refractivity contribution is 0.163. The molecule has 1 rings (SSSR count). The van der Waals surface area contributed by atoms with Gasteiger partial charge < -0.3 is 0 Å². The van der Waals surface area contributed by atoms with Gasteiger partial charge in [-0.1, -0.05) is 6.92 Å². The van der Waals surface area contributed by atoms with Gasteiger partial charge in [-0.2, -0.15) is 0 Å². The molecular weight excluding hydrogens is 148 g/mol. The van der Waals surface area contributed by atoms with Crippen LogP contribution in [0.1, 0.15) is 13.3 Å². The van der Waals surface area contributed by atoms with Gasteiger partial charge in [-0.3, -0.25) is 4.90 Å². The van der Waals surface area contributed by atoms with Crippen LogP contribution in [0.15, 0.2) is 0 Å². The molecule has 0 radical (unpaired) electrons. The Morgan fingerprint density at radius 3 is 2.45 bits per heavy atom. The van der Waals surface area contributed by atoms with Gasteiger partial charge >= 0.3 is 0 Å². The summed E-state index contributed by atoms with van der Waals surface area (Å²) in [7, 11) is 0. The molecule has 1 nitrogen and oxygen atoms in total. The molecule has 66 valence electrons. The quantitative estimate of drug-likeness (QED) is 0.611. The Morgan fingerprint density at radius 2 is 2.09 bits per heavy atom. The minimum atomic E-state index is -0.552. The molecule has 1 saturated heterocycles. The Kier molecular flexibility index (Phi) is 3.24. The summed E-state index contributed by atoms with van der Waals surface area (Å²) in [6.45, 7) is 2.73. The van der Waals surface area contributed by atoms with E-state index in [9.17, 15) is 8.78 Å². The maximum absolute atomic E-state index is 12.2. The Hall–Kier alpha value is -0.180. The van der Waals surface area contributed by atoms with Crippen molar-refractivity contribution in [2.75, 3.05) is 26.4 Å². The molecule has 1 heterocycles. The van der Waals surface area contributed by atoms with Crippen LogP contribution in [0.25, 0.3) is 0 Å². The molecule has 0 amide bonds. The fraction of sp³-hybridized carbons (Fsp3) is 1.00. The van der Waals surface area contributed by atoms with E-state index in [0.29, 0.717) is 5.92 Å². The summed E-state index contributed by atoms with van der Waals surface area (Å²) in [5.41, 5.74) is 0. The first kappa shape index (κ1) is 8.91. The van der Waals surface area contributed by atoms with Crippen LogP contribution in [0.2, 0.25) is 0 Å². The van der Waals surface area contributed by atoms with E-state index in [1.807, 2.05) is 4.90 Å². The molecule has 0 aromatic carbocycles. The van der Waals surface area contributed by atoms with Crippen LogP contribution in [-0.2, 0) is 0 Å². The summed E-state index contributed by atoms with van der Waals surface area (Å²) < 4.78 is 24.3. The molecule has 1 aliphatic rings. The zero-order valence-corrected chi connectivity index (χ0v) is 6.89. The summed E-state index contributed by atoms with van der Waals surface area (Å²) >= 11 is 0. The fourth-order valence-corrected chi connectivity index (χ4v) is 1.54. The zero-order valence-electron chi connectivity index (χ0n) is 6.89. The molecule has 0 aromatic heterocycles. The number of nitrogens with zero attached hydrogens (tertiary/aromatic N) is 1. The average Bonchev–Trinajstić information content (AvgIpc) is 2.39. The SMILES string of the molecule is C[C@@H]1CCN(C(CF)CF)C1. The number of hydrogen-bond donors (Lipinski definition) is 0. The van der Waals surface area contributed by atoms with E-state index < -0.39 is 19.4 Å². The summed E-state index contributed by atoms with van der Waals surface area (Å²) in [5.74, 6) is 0.607. The number of rotatable bonds is 3. The second kappa shape index (κ2) is 4.00. The van der Waals surface area contributed by atoms with Gasteiger partial charge in [0, 0.05) is 6.54 Å². The van der Waals surface area contributed by atoms with E-state index in [1.54, 1.807) is 0 Å². The lowest BCUT2D eigenvalue weighted by Crippen LogP contribution is -2.36. The van der Waals surface area contributed by atoms with Crippen LogP contribution < -0.4 is 0 Å². The maximum atomic E-state index is 12.2. The molecule has 0 N–H and O–H groups in total. The molecule has 0 aliphatic carbocycles. The van der Waals surface area contributed by atoms with Crippen LogP contribution in [0.5, 0.6) is 0 Å². The number of halogens is 2. The Labute approximate surface area is 66.4 Å². The summed E-state index contributed by atoms with van der Waals surface area (Å²) in [6.07, 6.45) is 1.08. The third-order valence-corrected chi connectivity index (χ3v) is 2.33. The lowest BCUT2D eigenvalue weighted by atomic mass is 10.2. The first-order valence-electron chi connectivity index (χ1n) is 4.14. The van der Waals surface area contributed by atoms with E-state index in [-0.39, 0.29) is 0 Å². The van der Waals surface area contributed by atoms with E-state index >= 15 is 0 Å². The van der Waals surface area contributed by atoms with Gasteiger partial charge in [-0.25, -0.2) is 8.78 Å². The first-order chi connectivity index (χ1) is 5.27. The standard InChI is InChI=1S/C8H15F2N/c1-7-2-3-11(6-7)8(4-9)5-10/h7-8H,2-6H2,1H3/t7-/m1/s1. The predicted molar refractivity (Wildman–Crippen MR) is 41.1 cm³/mol. The maximum Gasteiger partial charge on any atom is 0.107 e. The first-order valence-corrected chi connectivity index (χ1v) is 4.14. The second-order valence-electron chi connectivity index (χ2n) is 3.35. The van der Waals surface area contributed by atoms with Gasteiger partial charge in [0.05, 0.1) is 6.04 Å². The van der Waals surface area contributed by atoms with Gasteiger partial charge in [-0.15, -0.1) is 0 Å². The zero-order chi connectivity index (χ0) is 8.27. The van der Waals surface area contributed by atoms with E-state index in [4.69, 9.17) is 0 Å². The molecule has 0 bridgehead atoms. The largest absolute Gasteiger partial charge is 0.295 e. The molecule has 3 heteroatoms. The van der Waals surface area contributed by atoms with Crippen molar-refractivity contribution >= 4 is 0 Å². The van der Waals surface area contributed by atoms with E-state index in [2.05, 4.69) is 6.92 Å². The molecule has 0 unspecified atom stereocenters. The molecule has 0 spiro atoms. The number of alkyl halides is 2. The van der Waals surface area contributed by atoms with Gasteiger partial charge in [0.15, 0.2) is 0 Å². The van der Waals surface area contributed by atoms with Crippen LogP contribution in [0.4, 0.5) is 8.78 Å². The summed E-state index contributed by atoms with van der Waals surface area (Å²) in [6, 6.07) is -0.472. The van der Waals surface area contributed by atoms with Crippen molar-refractivity contribution in [1.82, 2.24) is 4.90 Å². The highest BCUT2D eigenvalue weighted by molar-refractivity contribution is 4.78. The average molecular weight is 163 g/mol. The van der Waals surface area contributed by atoms with Gasteiger partial charge in [0.25, 0.3) is 0 Å². The monoisotopic (exact) mass is 163 g/mol. The third-order valence-electron chi connectivity index (χ3n) is 2.33. The predicted octanol–water partition coefficient (Wildman–Crippen LogP) is 1.64. The second-order valence-corrected chi connectivity index (χ2v) is 3.35. The van der Waals surface area contributed by atoms with Gasteiger partial charge in [0.1, 0.15) is 13.3 Å². The van der Waals surface area contributed by atoms with Crippen molar-refractivity contribution in [2.45, 2.75) is 19.4 Å². The molecule has 0 saturated carbocycles. The van der Waals surface area contributed by atoms with Crippen molar-refractivity contribution in [2.24, 2.45) is 5.92 Å². The topological polar surface area (TPSA) is 3.24 Å². The molecule has 0 aromatic rings. The van der Waals surface area contributed by atoms with Gasteiger partial charge in [0.2, 0.25) is 0 Å². The summed E-state index contributed by atoms with van der Waals surface area (Å²) in [5, 5.41) is 0. The minimum Gasteiger partial charge on any atom is -0.295 e. The molecule has 11 heavy (non-hydrogen) atoms. The minimum absolute atomic E-state index is 0.472. The number of hydrogen-bond acceptors (Lipinski definition) is 1. The van der Waals surface area contributed by atoms with E-state index in [0.717, 1.165) is 19.5 Å². The van der Waals surface area contributed by atoms with Crippen LogP contribution in [-0.4, -0.2) is 37.4 Å². The van der Waals surface area contributed by atoms with Gasteiger partial charge in [-0.05, 0) is 18.9 Å². The normalized spacial score (nSPS) is 26.7. The van der Waals surface area contributed by atoms with Crippen molar-refractivity contribution in [3.8, 4) is 0 Å². The Morgan fingerprint density at radius 1 is 1.45 bits per heavy atom. The van der Waals surface area contributed by atoms with Crippen molar-refractivity contribution in [1.29, 1.82) is 0 Å². The molecule has 1 aliphatic heterocycles. The third kappa shape index (κ3) is 2.12. The summed E-state index contributed by atoms with van der Waals surface area (Å²) in [4.78, 5) is 1.91. The van der Waals surface area contributed by atoms with Crippen LogP contribution >= 0.6 is 0 Å². The Bertz CT molecular complexity index is 115. The van der Waals surface area contributed by atoms with E-state index in [1.165, 1.54) is 0 Å². The van der Waals surface area contributed by atoms with Crippen molar-refractivity contribution < 1.29 is 8.78 Å². The Balaban J connectivity index is 2.34. The van der Waals surface area contributed by atoms with Crippen molar-refractivity contribution in [3.63, 3.8) is 0 Å².